The average molecular weight is 310 g/mol. The lowest BCUT2D eigenvalue weighted by atomic mass is 9.86. The highest BCUT2D eigenvalue weighted by Gasteiger charge is 2.33. The molecule has 7 nitrogen and oxygen atoms in total. The van der Waals surface area contributed by atoms with Gasteiger partial charge < -0.3 is 20.1 Å². The van der Waals surface area contributed by atoms with E-state index >= 15 is 0 Å². The van der Waals surface area contributed by atoms with Gasteiger partial charge in [0.1, 0.15) is 6.61 Å². The maximum absolute atomic E-state index is 12.1. The minimum absolute atomic E-state index is 0.0500. The summed E-state index contributed by atoms with van der Waals surface area (Å²) >= 11 is 0. The summed E-state index contributed by atoms with van der Waals surface area (Å²) in [5.41, 5.74) is 0.632. The largest absolute Gasteiger partial charge is 0.463 e. The first-order valence-electron chi connectivity index (χ1n) is 7.71. The number of esters is 2. The summed E-state index contributed by atoms with van der Waals surface area (Å²) in [4.78, 5) is 35.6. The predicted octanol–water partition coefficient (Wildman–Crippen LogP) is 1.24. The van der Waals surface area contributed by atoms with Gasteiger partial charge in [0.05, 0.1) is 29.8 Å². The molecule has 0 saturated heterocycles. The van der Waals surface area contributed by atoms with E-state index in [0.717, 1.165) is 19.3 Å². The quantitative estimate of drug-likeness (QED) is 0.720. The molecule has 1 saturated carbocycles. The van der Waals surface area contributed by atoms with Gasteiger partial charge in [0.15, 0.2) is 0 Å². The van der Waals surface area contributed by atoms with Crippen molar-refractivity contribution in [3.8, 4) is 0 Å². The predicted molar refractivity (Wildman–Crippen MR) is 77.7 cm³/mol. The zero-order valence-corrected chi connectivity index (χ0v) is 12.9. The van der Waals surface area contributed by atoms with E-state index in [4.69, 9.17) is 9.47 Å². The van der Waals surface area contributed by atoms with Gasteiger partial charge in [-0.05, 0) is 26.2 Å². The zero-order valence-electron chi connectivity index (χ0n) is 12.9. The summed E-state index contributed by atoms with van der Waals surface area (Å²) in [5.74, 6) is -0.828. The first-order chi connectivity index (χ1) is 10.6. The number of carbonyl (C=O) groups excluding carboxylic acids is 3. The Hall–Kier alpha value is -2.05. The van der Waals surface area contributed by atoms with Gasteiger partial charge >= 0.3 is 18.0 Å². The van der Waals surface area contributed by atoms with E-state index in [-0.39, 0.29) is 25.1 Å². The second-order valence-electron chi connectivity index (χ2n) is 5.41. The summed E-state index contributed by atoms with van der Waals surface area (Å²) < 4.78 is 10.3. The Kier molecular flexibility index (Phi) is 5.41. The molecule has 22 heavy (non-hydrogen) atoms. The molecular formula is C15H22N2O5. The lowest BCUT2D eigenvalue weighted by molar-refractivity contribution is -0.150. The molecule has 0 radical (unpaired) electrons. The van der Waals surface area contributed by atoms with Crippen molar-refractivity contribution in [3.05, 3.63) is 11.3 Å². The number of nitrogens with one attached hydrogen (secondary N) is 2. The van der Waals surface area contributed by atoms with Gasteiger partial charge in [-0.1, -0.05) is 13.3 Å². The lowest BCUT2D eigenvalue weighted by Crippen LogP contribution is -2.51. The van der Waals surface area contributed by atoms with Crippen molar-refractivity contribution in [2.24, 2.45) is 5.92 Å². The van der Waals surface area contributed by atoms with Gasteiger partial charge in [-0.15, -0.1) is 0 Å². The number of carbonyl (C=O) groups is 3. The highest BCUT2D eigenvalue weighted by atomic mass is 16.5. The highest BCUT2D eigenvalue weighted by molar-refractivity contribution is 5.94. The third kappa shape index (κ3) is 3.58. The Balaban J connectivity index is 2.13. The molecule has 0 spiro atoms. The van der Waals surface area contributed by atoms with Gasteiger partial charge in [-0.3, -0.25) is 4.79 Å². The van der Waals surface area contributed by atoms with E-state index in [0.29, 0.717) is 17.7 Å². The summed E-state index contributed by atoms with van der Waals surface area (Å²) in [6, 6.07) is -0.847. The number of urea groups is 1. The average Bonchev–Trinajstić information content (AvgIpc) is 2.42. The molecule has 1 heterocycles. The summed E-state index contributed by atoms with van der Waals surface area (Å²) in [7, 11) is 0. The molecule has 2 amide bonds. The van der Waals surface area contributed by atoms with E-state index in [1.54, 1.807) is 6.92 Å². The molecule has 0 aromatic carbocycles. The van der Waals surface area contributed by atoms with Crippen LogP contribution in [0.2, 0.25) is 0 Å². The molecular weight excluding hydrogens is 288 g/mol. The van der Waals surface area contributed by atoms with Crippen LogP contribution in [-0.4, -0.2) is 37.2 Å². The fourth-order valence-electron chi connectivity index (χ4n) is 2.48. The number of ether oxygens (including phenoxy) is 2. The molecule has 2 N–H and O–H groups in total. The van der Waals surface area contributed by atoms with Crippen LogP contribution in [0.5, 0.6) is 0 Å². The lowest BCUT2D eigenvalue weighted by Gasteiger charge is -2.29. The van der Waals surface area contributed by atoms with E-state index in [2.05, 4.69) is 10.6 Å². The van der Waals surface area contributed by atoms with Crippen molar-refractivity contribution in [1.82, 2.24) is 10.6 Å². The van der Waals surface area contributed by atoms with Crippen LogP contribution in [0.3, 0.4) is 0 Å². The second-order valence-corrected chi connectivity index (χ2v) is 5.41. The van der Waals surface area contributed by atoms with Crippen LogP contribution in [0.4, 0.5) is 4.79 Å². The minimum atomic E-state index is -0.503. The number of amides is 2. The van der Waals surface area contributed by atoms with Crippen LogP contribution in [0, 0.1) is 5.92 Å². The Morgan fingerprint density at radius 1 is 1.23 bits per heavy atom. The van der Waals surface area contributed by atoms with Crippen LogP contribution in [0.25, 0.3) is 0 Å². The number of hydrogen-bond acceptors (Lipinski definition) is 5. The first-order valence-corrected chi connectivity index (χ1v) is 7.71. The third-order valence-corrected chi connectivity index (χ3v) is 3.94. The standard InChI is InChI=1S/C15H22N2O5/c1-3-10-12(14(19)21-4-2)11(17-15(20)16-10)8-22-13(18)9-6-5-7-9/h9-10H,3-8H2,1-2H3,(H2,16,17,20)/t10-/m1/s1. The molecule has 7 heteroatoms. The summed E-state index contributed by atoms with van der Waals surface area (Å²) in [6.45, 7) is 3.69. The minimum Gasteiger partial charge on any atom is -0.463 e. The second kappa shape index (κ2) is 7.29. The third-order valence-electron chi connectivity index (χ3n) is 3.94. The van der Waals surface area contributed by atoms with Gasteiger partial charge in [-0.25, -0.2) is 9.59 Å². The Labute approximate surface area is 129 Å². The zero-order chi connectivity index (χ0) is 16.1. The maximum atomic E-state index is 12.1. The van der Waals surface area contributed by atoms with Gasteiger partial charge in [0.2, 0.25) is 0 Å². The van der Waals surface area contributed by atoms with Crippen LogP contribution in [0.1, 0.15) is 39.5 Å². The van der Waals surface area contributed by atoms with E-state index < -0.39 is 18.0 Å². The van der Waals surface area contributed by atoms with Crippen molar-refractivity contribution < 1.29 is 23.9 Å². The molecule has 1 aliphatic carbocycles. The number of rotatable bonds is 6. The maximum Gasteiger partial charge on any atom is 0.338 e. The van der Waals surface area contributed by atoms with Crippen LogP contribution in [-0.2, 0) is 19.1 Å². The van der Waals surface area contributed by atoms with Gasteiger partial charge in [0, 0.05) is 0 Å². The molecule has 122 valence electrons. The van der Waals surface area contributed by atoms with E-state index in [1.807, 2.05) is 6.92 Å². The smallest absolute Gasteiger partial charge is 0.338 e. The molecule has 0 bridgehead atoms. The molecule has 1 fully saturated rings. The normalized spacial score (nSPS) is 21.5. The molecule has 1 aliphatic heterocycles. The van der Waals surface area contributed by atoms with E-state index in [1.165, 1.54) is 0 Å². The molecule has 0 aromatic rings. The molecule has 2 aliphatic rings. The van der Waals surface area contributed by atoms with Crippen LogP contribution >= 0.6 is 0 Å². The number of hydrogen-bond donors (Lipinski definition) is 2. The molecule has 1 atom stereocenters. The first kappa shape index (κ1) is 16.3. The fraction of sp³-hybridized carbons (Fsp3) is 0.667. The van der Waals surface area contributed by atoms with Crippen molar-refractivity contribution in [2.75, 3.05) is 13.2 Å². The SMILES string of the molecule is CCOC(=O)C1=C(COC(=O)C2CCC2)NC(=O)N[C@@H]1CC. The molecule has 0 aromatic heterocycles. The van der Waals surface area contributed by atoms with Crippen molar-refractivity contribution in [3.63, 3.8) is 0 Å². The van der Waals surface area contributed by atoms with Gasteiger partial charge in [-0.2, -0.15) is 0 Å². The Morgan fingerprint density at radius 3 is 2.50 bits per heavy atom. The van der Waals surface area contributed by atoms with Crippen molar-refractivity contribution >= 4 is 18.0 Å². The highest BCUT2D eigenvalue weighted by Crippen LogP contribution is 2.27. The monoisotopic (exact) mass is 310 g/mol. The fourth-order valence-corrected chi connectivity index (χ4v) is 2.48. The topological polar surface area (TPSA) is 93.7 Å². The summed E-state index contributed by atoms with van der Waals surface area (Å²) in [6.07, 6.45) is 3.26. The molecule has 0 unspecified atom stereocenters. The van der Waals surface area contributed by atoms with Crippen LogP contribution in [0.15, 0.2) is 11.3 Å². The van der Waals surface area contributed by atoms with Crippen LogP contribution < -0.4 is 10.6 Å². The van der Waals surface area contributed by atoms with Crippen molar-refractivity contribution in [1.29, 1.82) is 0 Å². The van der Waals surface area contributed by atoms with Crippen molar-refractivity contribution in [2.45, 2.75) is 45.6 Å². The van der Waals surface area contributed by atoms with E-state index in [9.17, 15) is 14.4 Å². The van der Waals surface area contributed by atoms with Gasteiger partial charge in [0.25, 0.3) is 0 Å². The Morgan fingerprint density at radius 2 is 1.95 bits per heavy atom. The molecule has 2 rings (SSSR count). The Bertz CT molecular complexity index is 496. The summed E-state index contributed by atoms with van der Waals surface area (Å²) in [5, 5.41) is 5.22.